The first-order chi connectivity index (χ1) is 13.5. The van der Waals surface area contributed by atoms with Crippen LogP contribution in [0.2, 0.25) is 0 Å². The van der Waals surface area contributed by atoms with Crippen molar-refractivity contribution in [1.29, 1.82) is 0 Å². The number of anilines is 1. The van der Waals surface area contributed by atoms with E-state index in [1.54, 1.807) is 4.90 Å². The molecule has 3 heterocycles. The highest BCUT2D eigenvalue weighted by atomic mass is 16.5. The molecule has 0 radical (unpaired) electrons. The monoisotopic (exact) mass is 380 g/mol. The number of aliphatic hydroxyl groups is 1. The second-order valence-electron chi connectivity index (χ2n) is 9.87. The van der Waals surface area contributed by atoms with E-state index in [9.17, 15) is 14.7 Å². The van der Waals surface area contributed by atoms with Gasteiger partial charge in [-0.3, -0.25) is 14.6 Å². The van der Waals surface area contributed by atoms with Crippen molar-refractivity contribution in [2.24, 2.45) is 11.3 Å². The van der Waals surface area contributed by atoms with E-state index < -0.39 is 22.6 Å². The van der Waals surface area contributed by atoms with Crippen molar-refractivity contribution in [1.82, 2.24) is 4.90 Å². The molecule has 3 aliphatic heterocycles. The van der Waals surface area contributed by atoms with Gasteiger partial charge in [-0.2, -0.15) is 0 Å². The lowest BCUT2D eigenvalue weighted by atomic mass is 9.40. The lowest BCUT2D eigenvalue weighted by Gasteiger charge is -2.69. The van der Waals surface area contributed by atoms with Gasteiger partial charge in [-0.25, -0.2) is 4.79 Å². The van der Waals surface area contributed by atoms with Crippen molar-refractivity contribution < 1.29 is 19.4 Å². The number of methoxy groups -OCH3 is 1. The van der Waals surface area contributed by atoms with Gasteiger partial charge in [-0.15, -0.1) is 0 Å². The number of carbonyl (C=O) groups excluding carboxylic acids is 2. The third-order valence-electron chi connectivity index (χ3n) is 9.48. The number of piperidine rings is 1. The van der Waals surface area contributed by atoms with Crippen LogP contribution >= 0.6 is 0 Å². The van der Waals surface area contributed by atoms with E-state index in [0.717, 1.165) is 37.1 Å². The third-order valence-corrected chi connectivity index (χ3v) is 9.48. The lowest BCUT2D eigenvalue weighted by Crippen LogP contribution is -2.82. The van der Waals surface area contributed by atoms with Gasteiger partial charge in [-0.05, 0) is 55.7 Å². The molecule has 6 heteroatoms. The van der Waals surface area contributed by atoms with E-state index in [-0.39, 0.29) is 23.2 Å². The van der Waals surface area contributed by atoms with E-state index in [0.29, 0.717) is 19.4 Å². The van der Waals surface area contributed by atoms with Crippen LogP contribution in [0.4, 0.5) is 10.5 Å². The Morgan fingerprint density at radius 1 is 1.25 bits per heavy atom. The Balaban J connectivity index is 1.65. The molecule has 0 unspecified atom stereocenters. The molecule has 1 amide bonds. The summed E-state index contributed by atoms with van der Waals surface area (Å²) in [6, 6.07) is 8.22. The number of hydrogen-bond donors (Lipinski definition) is 1. The molecular weight excluding hydrogens is 356 g/mol. The van der Waals surface area contributed by atoms with Crippen LogP contribution in [0.25, 0.3) is 0 Å². The summed E-state index contributed by atoms with van der Waals surface area (Å²) < 4.78 is 5.22. The van der Waals surface area contributed by atoms with Gasteiger partial charge >= 0.3 is 6.09 Å². The number of carbonyl (C=O) groups is 2. The molecule has 6 fully saturated rings. The Bertz CT molecular complexity index is 979. The first-order valence-corrected chi connectivity index (χ1v) is 10.5. The van der Waals surface area contributed by atoms with Crippen molar-refractivity contribution in [2.45, 2.75) is 54.7 Å². The Hall–Kier alpha value is -1.92. The summed E-state index contributed by atoms with van der Waals surface area (Å²) in [6.07, 6.45) is 3.84. The van der Waals surface area contributed by atoms with Crippen molar-refractivity contribution in [3.05, 3.63) is 29.8 Å². The summed E-state index contributed by atoms with van der Waals surface area (Å²) in [7, 11) is 1.39. The largest absolute Gasteiger partial charge is 0.452 e. The first-order valence-electron chi connectivity index (χ1n) is 10.5. The molecule has 6 atom stereocenters. The summed E-state index contributed by atoms with van der Waals surface area (Å²) in [5, 5.41) is 12.1. The Morgan fingerprint density at radius 3 is 2.89 bits per heavy atom. The van der Waals surface area contributed by atoms with Crippen LogP contribution in [0, 0.1) is 11.3 Å². The number of fused-ring (bicyclic) bond motifs is 2. The highest BCUT2D eigenvalue weighted by Gasteiger charge is 2.93. The van der Waals surface area contributed by atoms with Gasteiger partial charge in [0.15, 0.2) is 5.78 Å². The Morgan fingerprint density at radius 2 is 2.07 bits per heavy atom. The SMILES string of the molecule is COC(=O)N1c2ccccc2[C@]23[C@H]4CN5CCC[C@@]6(CC[C@@]12[C@](O)(C6)C4=O)[C@H]53. The number of hydrogen-bond acceptors (Lipinski definition) is 5. The lowest BCUT2D eigenvalue weighted by molar-refractivity contribution is -0.194. The number of benzene rings is 1. The molecule has 1 aromatic rings. The summed E-state index contributed by atoms with van der Waals surface area (Å²) >= 11 is 0. The Labute approximate surface area is 163 Å². The van der Waals surface area contributed by atoms with Crippen molar-refractivity contribution in [3.63, 3.8) is 0 Å². The molecule has 1 aromatic carbocycles. The van der Waals surface area contributed by atoms with Crippen LogP contribution in [0.1, 0.15) is 37.7 Å². The molecule has 7 aliphatic rings. The minimum Gasteiger partial charge on any atom is -0.452 e. The van der Waals surface area contributed by atoms with Crippen LogP contribution < -0.4 is 4.90 Å². The zero-order chi connectivity index (χ0) is 19.1. The molecule has 2 saturated heterocycles. The fourth-order valence-corrected chi connectivity index (χ4v) is 9.19. The van der Waals surface area contributed by atoms with E-state index >= 15 is 0 Å². The minimum atomic E-state index is -1.48. The maximum Gasteiger partial charge on any atom is 0.414 e. The average molecular weight is 380 g/mol. The van der Waals surface area contributed by atoms with Crippen LogP contribution in [0.15, 0.2) is 24.3 Å². The fraction of sp³-hybridized carbons (Fsp3) is 0.636. The quantitative estimate of drug-likeness (QED) is 0.744. The molecule has 4 aliphatic carbocycles. The van der Waals surface area contributed by atoms with Gasteiger partial charge in [0.2, 0.25) is 0 Å². The van der Waals surface area contributed by atoms with E-state index in [1.807, 2.05) is 18.2 Å². The summed E-state index contributed by atoms with van der Waals surface area (Å²) in [5.41, 5.74) is -1.04. The molecule has 3 spiro atoms. The van der Waals surface area contributed by atoms with Crippen LogP contribution in [0.5, 0.6) is 0 Å². The van der Waals surface area contributed by atoms with Gasteiger partial charge in [-0.1, -0.05) is 18.2 Å². The third kappa shape index (κ3) is 1.16. The zero-order valence-electron chi connectivity index (χ0n) is 16.0. The number of Topliss-reactive ketones (excluding diaryl/α,β-unsaturated/α-hetero) is 1. The normalized spacial score (nSPS) is 49.4. The number of nitrogens with zero attached hydrogens (tertiary/aromatic N) is 2. The molecule has 0 aromatic heterocycles. The number of rotatable bonds is 0. The minimum absolute atomic E-state index is 0.0328. The highest BCUT2D eigenvalue weighted by molar-refractivity contribution is 6.07. The molecule has 28 heavy (non-hydrogen) atoms. The topological polar surface area (TPSA) is 70.1 Å². The number of ether oxygens (including phenoxy) is 1. The van der Waals surface area contributed by atoms with E-state index in [4.69, 9.17) is 4.74 Å². The van der Waals surface area contributed by atoms with Crippen LogP contribution in [-0.2, 0) is 14.9 Å². The molecular formula is C22H24N2O4. The summed E-state index contributed by atoms with van der Waals surface area (Å²) in [5.74, 6) is -0.287. The van der Waals surface area contributed by atoms with Gasteiger partial charge in [0.05, 0.1) is 23.8 Å². The highest BCUT2D eigenvalue weighted by Crippen LogP contribution is 2.81. The predicted molar refractivity (Wildman–Crippen MR) is 100 cm³/mol. The van der Waals surface area contributed by atoms with Gasteiger partial charge in [0.25, 0.3) is 0 Å². The van der Waals surface area contributed by atoms with E-state index in [2.05, 4.69) is 11.0 Å². The average Bonchev–Trinajstić information content (AvgIpc) is 3.23. The number of amides is 1. The molecule has 6 nitrogen and oxygen atoms in total. The maximum absolute atomic E-state index is 13.8. The molecule has 146 valence electrons. The molecule has 8 rings (SSSR count). The molecule has 1 N–H and O–H groups in total. The maximum atomic E-state index is 13.8. The van der Waals surface area contributed by atoms with Crippen molar-refractivity contribution >= 4 is 17.6 Å². The standard InChI is InChI=1S/C22H24N2O4/c1-28-18(26)24-15-6-3-2-5-13(15)22-14-11-23-10-4-7-19(17(22)23)8-9-21(22,24)20(27,12-19)16(14)25/h2-3,5-6,14,17,27H,4,7-12H2,1H3/t14-,17-,19-,20-,21-,22+/m0/s1. The number of ketones is 1. The molecule has 4 saturated carbocycles. The van der Waals surface area contributed by atoms with Gasteiger partial charge in [0, 0.05) is 18.5 Å². The molecule has 4 bridgehead atoms. The van der Waals surface area contributed by atoms with Crippen molar-refractivity contribution in [2.75, 3.05) is 25.1 Å². The Kier molecular flexibility index (Phi) is 2.45. The predicted octanol–water partition coefficient (Wildman–Crippen LogP) is 1.84. The summed E-state index contributed by atoms with van der Waals surface area (Å²) in [6.45, 7) is 1.71. The van der Waals surface area contributed by atoms with Crippen molar-refractivity contribution in [3.8, 4) is 0 Å². The van der Waals surface area contributed by atoms with Crippen LogP contribution in [-0.4, -0.2) is 59.3 Å². The number of para-hydroxylation sites is 1. The second-order valence-corrected chi connectivity index (χ2v) is 9.87. The fourth-order valence-electron chi connectivity index (χ4n) is 9.19. The zero-order valence-corrected chi connectivity index (χ0v) is 16.0. The van der Waals surface area contributed by atoms with E-state index in [1.165, 1.54) is 7.11 Å². The summed E-state index contributed by atoms with van der Waals surface area (Å²) in [4.78, 5) is 31.1. The van der Waals surface area contributed by atoms with Crippen LogP contribution in [0.3, 0.4) is 0 Å². The first kappa shape index (κ1) is 15.9. The smallest absolute Gasteiger partial charge is 0.414 e. The van der Waals surface area contributed by atoms with Gasteiger partial charge in [0.1, 0.15) is 5.60 Å². The van der Waals surface area contributed by atoms with Gasteiger partial charge < -0.3 is 9.84 Å². The second kappa shape index (κ2) is 4.31.